The topological polar surface area (TPSA) is 116 Å². The lowest BCUT2D eigenvalue weighted by Gasteiger charge is -2.13. The fourth-order valence-electron chi connectivity index (χ4n) is 4.52. The zero-order valence-electron chi connectivity index (χ0n) is 20.4. The van der Waals surface area contributed by atoms with Crippen LogP contribution in [0.15, 0.2) is 18.2 Å². The number of hydrogen-bond donors (Lipinski definition) is 4. The number of carbonyl (C=O) groups is 2. The maximum absolute atomic E-state index is 13.1. The van der Waals surface area contributed by atoms with Gasteiger partial charge in [-0.15, -0.1) is 11.3 Å². The molecular formula is C26H32N4O4S. The number of nitrogens with zero attached hydrogens (tertiary/aromatic N) is 1. The fraction of sp³-hybridized carbons (Fsp3) is 0.423. The maximum Gasteiger partial charge on any atom is 0.274 e. The van der Waals surface area contributed by atoms with Crippen LogP contribution in [-0.2, 0) is 17.6 Å². The van der Waals surface area contributed by atoms with Crippen molar-refractivity contribution in [3.63, 3.8) is 0 Å². The fourth-order valence-corrected chi connectivity index (χ4v) is 5.80. The number of rotatable bonds is 9. The molecule has 1 aliphatic rings. The summed E-state index contributed by atoms with van der Waals surface area (Å²) in [6.45, 7) is 7.51. The Morgan fingerprint density at radius 1 is 1.17 bits per heavy atom. The highest BCUT2D eigenvalue weighted by molar-refractivity contribution is 7.17. The van der Waals surface area contributed by atoms with Gasteiger partial charge in [-0.05, 0) is 81.7 Å². The van der Waals surface area contributed by atoms with Gasteiger partial charge in [-0.1, -0.05) is 6.07 Å². The molecule has 0 radical (unpaired) electrons. The van der Waals surface area contributed by atoms with Crippen LogP contribution in [0.25, 0.3) is 11.3 Å². The standard InChI is InChI=1S/C26H32N4O4S/c1-4-34-11-7-10-27-25(33)23-17-8-5-6-9-21(17)35-26(23)28-24(32)19-14-18(29-30-19)22-16(3)12-15(2)13-20(22)31/h12-14,31H,4-11H2,1-3H3,(H,27,33)(H,28,32)(H,29,30). The second-order valence-corrected chi connectivity index (χ2v) is 9.92. The molecule has 35 heavy (non-hydrogen) atoms. The van der Waals surface area contributed by atoms with Gasteiger partial charge in [0.2, 0.25) is 0 Å². The first-order valence-corrected chi connectivity index (χ1v) is 12.9. The van der Waals surface area contributed by atoms with Gasteiger partial charge in [-0.2, -0.15) is 5.10 Å². The number of nitrogens with one attached hydrogen (secondary N) is 3. The van der Waals surface area contributed by atoms with Gasteiger partial charge in [0.1, 0.15) is 16.4 Å². The van der Waals surface area contributed by atoms with Crippen molar-refractivity contribution in [1.82, 2.24) is 15.5 Å². The average molecular weight is 497 g/mol. The quantitative estimate of drug-likeness (QED) is 0.319. The number of phenolic OH excluding ortho intramolecular Hbond substituents is 1. The predicted octanol–water partition coefficient (Wildman–Crippen LogP) is 4.75. The van der Waals surface area contributed by atoms with E-state index in [0.717, 1.165) is 53.7 Å². The van der Waals surface area contributed by atoms with Gasteiger partial charge in [0.25, 0.3) is 11.8 Å². The summed E-state index contributed by atoms with van der Waals surface area (Å²) in [6.07, 6.45) is 4.60. The number of aromatic amines is 1. The number of benzene rings is 1. The Morgan fingerprint density at radius 2 is 1.97 bits per heavy atom. The number of aromatic nitrogens is 2. The second-order valence-electron chi connectivity index (χ2n) is 8.82. The van der Waals surface area contributed by atoms with Crippen molar-refractivity contribution in [3.05, 3.63) is 51.0 Å². The number of ether oxygens (including phenoxy) is 1. The Hall–Kier alpha value is -3.17. The third-order valence-corrected chi connectivity index (χ3v) is 7.33. The van der Waals surface area contributed by atoms with Crippen LogP contribution < -0.4 is 10.6 Å². The zero-order valence-corrected chi connectivity index (χ0v) is 21.2. The molecule has 1 aliphatic carbocycles. The second kappa shape index (κ2) is 11.0. The van der Waals surface area contributed by atoms with E-state index < -0.39 is 0 Å². The van der Waals surface area contributed by atoms with Gasteiger partial charge < -0.3 is 20.5 Å². The van der Waals surface area contributed by atoms with E-state index in [2.05, 4.69) is 20.8 Å². The lowest BCUT2D eigenvalue weighted by molar-refractivity contribution is 0.0944. The molecule has 3 aromatic rings. The van der Waals surface area contributed by atoms with Crippen LogP contribution in [0, 0.1) is 13.8 Å². The van der Waals surface area contributed by atoms with Gasteiger partial charge in [0, 0.05) is 30.2 Å². The van der Waals surface area contributed by atoms with Crippen molar-refractivity contribution >= 4 is 28.2 Å². The van der Waals surface area contributed by atoms with Crippen molar-refractivity contribution in [2.45, 2.75) is 52.9 Å². The van der Waals surface area contributed by atoms with Gasteiger partial charge in [0.05, 0.1) is 11.3 Å². The SMILES string of the molecule is CCOCCCNC(=O)c1c(NC(=O)c2cc(-c3c(C)cc(C)cc3O)n[nH]2)sc2c1CCCC2. The Morgan fingerprint density at radius 3 is 2.74 bits per heavy atom. The van der Waals surface area contributed by atoms with E-state index in [1.807, 2.05) is 26.8 Å². The predicted molar refractivity (Wildman–Crippen MR) is 138 cm³/mol. The Bertz CT molecular complexity index is 1210. The summed E-state index contributed by atoms with van der Waals surface area (Å²) in [5.41, 5.74) is 4.77. The molecule has 0 saturated heterocycles. The Kier molecular flexibility index (Phi) is 7.87. The minimum absolute atomic E-state index is 0.121. The summed E-state index contributed by atoms with van der Waals surface area (Å²) < 4.78 is 5.35. The molecule has 0 spiro atoms. The number of fused-ring (bicyclic) bond motifs is 1. The number of anilines is 1. The molecule has 2 aromatic heterocycles. The number of H-pyrrole nitrogens is 1. The van der Waals surface area contributed by atoms with Crippen LogP contribution >= 0.6 is 11.3 Å². The Balaban J connectivity index is 1.54. The molecule has 0 unspecified atom stereocenters. The van der Waals surface area contributed by atoms with E-state index in [1.54, 1.807) is 12.1 Å². The maximum atomic E-state index is 13.1. The van der Waals surface area contributed by atoms with Gasteiger partial charge in [-0.25, -0.2) is 0 Å². The highest BCUT2D eigenvalue weighted by atomic mass is 32.1. The summed E-state index contributed by atoms with van der Waals surface area (Å²) in [5.74, 6) is -0.422. The molecule has 8 nitrogen and oxygen atoms in total. The highest BCUT2D eigenvalue weighted by Crippen LogP contribution is 2.38. The molecule has 0 aliphatic heterocycles. The molecule has 4 N–H and O–H groups in total. The number of phenols is 1. The first kappa shape index (κ1) is 24.9. The third-order valence-electron chi connectivity index (χ3n) is 6.12. The molecule has 1 aromatic carbocycles. The largest absolute Gasteiger partial charge is 0.507 e. The van der Waals surface area contributed by atoms with Crippen molar-refractivity contribution in [2.75, 3.05) is 25.1 Å². The van der Waals surface area contributed by atoms with Gasteiger partial charge in [-0.3, -0.25) is 14.7 Å². The molecule has 0 fully saturated rings. The minimum atomic E-state index is -0.378. The van der Waals surface area contributed by atoms with Gasteiger partial charge >= 0.3 is 0 Å². The van der Waals surface area contributed by atoms with Crippen LogP contribution in [-0.4, -0.2) is 46.9 Å². The van der Waals surface area contributed by atoms with Gasteiger partial charge in [0.15, 0.2) is 0 Å². The van der Waals surface area contributed by atoms with E-state index in [1.165, 1.54) is 11.3 Å². The van der Waals surface area contributed by atoms with Crippen LogP contribution in [0.2, 0.25) is 0 Å². The normalized spacial score (nSPS) is 12.9. The number of thiophene rings is 1. The van der Waals surface area contributed by atoms with E-state index in [9.17, 15) is 14.7 Å². The van der Waals surface area contributed by atoms with E-state index in [-0.39, 0.29) is 23.3 Å². The average Bonchev–Trinajstić information content (AvgIpc) is 3.43. The first-order chi connectivity index (χ1) is 16.9. The molecule has 2 amide bonds. The van der Waals surface area contributed by atoms with E-state index in [0.29, 0.717) is 41.6 Å². The smallest absolute Gasteiger partial charge is 0.274 e. The van der Waals surface area contributed by atoms with E-state index in [4.69, 9.17) is 4.74 Å². The molecule has 0 saturated carbocycles. The molecule has 4 rings (SSSR count). The van der Waals surface area contributed by atoms with Crippen LogP contribution in [0.5, 0.6) is 5.75 Å². The monoisotopic (exact) mass is 496 g/mol. The number of carbonyl (C=O) groups excluding carboxylic acids is 2. The summed E-state index contributed by atoms with van der Waals surface area (Å²) >= 11 is 1.48. The summed E-state index contributed by atoms with van der Waals surface area (Å²) in [7, 11) is 0. The molecule has 9 heteroatoms. The van der Waals surface area contributed by atoms with Crippen molar-refractivity contribution < 1.29 is 19.4 Å². The molecular weight excluding hydrogens is 464 g/mol. The Labute approximate surface area is 209 Å². The van der Waals surface area contributed by atoms with Crippen LogP contribution in [0.4, 0.5) is 5.00 Å². The van der Waals surface area contributed by atoms with Crippen molar-refractivity contribution in [3.8, 4) is 17.0 Å². The summed E-state index contributed by atoms with van der Waals surface area (Å²) in [5, 5.41) is 23.9. The number of hydrogen-bond acceptors (Lipinski definition) is 6. The number of aromatic hydroxyl groups is 1. The third kappa shape index (κ3) is 5.57. The lowest BCUT2D eigenvalue weighted by Crippen LogP contribution is -2.27. The molecule has 2 heterocycles. The number of aryl methyl sites for hydroxylation is 3. The number of amides is 2. The van der Waals surface area contributed by atoms with Crippen LogP contribution in [0.3, 0.4) is 0 Å². The van der Waals surface area contributed by atoms with Crippen molar-refractivity contribution in [2.24, 2.45) is 0 Å². The molecule has 0 bridgehead atoms. The van der Waals surface area contributed by atoms with Crippen LogP contribution in [0.1, 0.15) is 68.6 Å². The van der Waals surface area contributed by atoms with E-state index >= 15 is 0 Å². The van der Waals surface area contributed by atoms with Crippen molar-refractivity contribution in [1.29, 1.82) is 0 Å². The zero-order chi connectivity index (χ0) is 24.9. The molecule has 0 atom stereocenters. The summed E-state index contributed by atoms with van der Waals surface area (Å²) in [4.78, 5) is 27.4. The molecule has 186 valence electrons. The summed E-state index contributed by atoms with van der Waals surface area (Å²) in [6, 6.07) is 5.25. The lowest BCUT2D eigenvalue weighted by atomic mass is 9.95. The highest BCUT2D eigenvalue weighted by Gasteiger charge is 2.27. The minimum Gasteiger partial charge on any atom is -0.507 e. The first-order valence-electron chi connectivity index (χ1n) is 12.1.